The van der Waals surface area contributed by atoms with E-state index in [1.165, 1.54) is 11.3 Å². The van der Waals surface area contributed by atoms with Gasteiger partial charge in [-0.25, -0.2) is 0 Å². The molecule has 5 heteroatoms. The van der Waals surface area contributed by atoms with Gasteiger partial charge in [0.25, 0.3) is 0 Å². The molecule has 4 rings (SSSR count). The van der Waals surface area contributed by atoms with Gasteiger partial charge in [0, 0.05) is 51.3 Å². The molecule has 2 amide bonds. The van der Waals surface area contributed by atoms with E-state index in [1.54, 1.807) is 6.08 Å². The number of fused-ring (bicyclic) bond motifs is 3. The first-order valence-electron chi connectivity index (χ1n) is 10.6. The fourth-order valence-corrected chi connectivity index (χ4v) is 4.85. The molecule has 0 aromatic heterocycles. The van der Waals surface area contributed by atoms with Crippen molar-refractivity contribution in [3.63, 3.8) is 0 Å². The van der Waals surface area contributed by atoms with E-state index in [0.717, 1.165) is 12.1 Å². The molecule has 2 heterocycles. The third-order valence-corrected chi connectivity index (χ3v) is 6.20. The van der Waals surface area contributed by atoms with Crippen LogP contribution in [0.4, 0.5) is 5.69 Å². The zero-order valence-corrected chi connectivity index (χ0v) is 17.5. The summed E-state index contributed by atoms with van der Waals surface area (Å²) < 4.78 is 0. The van der Waals surface area contributed by atoms with Crippen LogP contribution in [-0.4, -0.2) is 54.8 Å². The summed E-state index contributed by atoms with van der Waals surface area (Å²) in [6, 6.07) is 18.2. The smallest absolute Gasteiger partial charge is 0.227 e. The van der Waals surface area contributed by atoms with Crippen LogP contribution >= 0.6 is 0 Å². The summed E-state index contributed by atoms with van der Waals surface area (Å²) in [5.41, 5.74) is 3.34. The number of anilines is 1. The summed E-state index contributed by atoms with van der Waals surface area (Å²) in [5, 5.41) is 0. The first-order valence-corrected chi connectivity index (χ1v) is 10.6. The minimum absolute atomic E-state index is 0.0333. The Labute approximate surface area is 178 Å². The molecular weight excluding hydrogens is 374 g/mol. The van der Waals surface area contributed by atoms with Crippen molar-refractivity contribution < 1.29 is 9.59 Å². The number of benzene rings is 2. The summed E-state index contributed by atoms with van der Waals surface area (Å²) in [6.07, 6.45) is 2.48. The lowest BCUT2D eigenvalue weighted by molar-refractivity contribution is -0.140. The van der Waals surface area contributed by atoms with E-state index in [-0.39, 0.29) is 23.8 Å². The molecule has 2 aromatic carbocycles. The standard InChI is InChI=1S/C25H29N3O2/c1-3-14-27-18-20-17-26(2)22-12-8-7-11-21(22)25(20)28(15-13-23(27)29)24(30)16-19-9-5-4-6-10-19/h3-12,20,25H,1,13-18H2,2H3/t20-,25-/m1/s1. The summed E-state index contributed by atoms with van der Waals surface area (Å²) in [5.74, 6) is 0.321. The Morgan fingerprint density at radius 3 is 2.60 bits per heavy atom. The highest BCUT2D eigenvalue weighted by Crippen LogP contribution is 2.41. The van der Waals surface area contributed by atoms with Crippen LogP contribution in [0.5, 0.6) is 0 Å². The van der Waals surface area contributed by atoms with Crippen molar-refractivity contribution in [3.05, 3.63) is 78.4 Å². The van der Waals surface area contributed by atoms with E-state index in [4.69, 9.17) is 0 Å². The average molecular weight is 404 g/mol. The van der Waals surface area contributed by atoms with E-state index in [0.29, 0.717) is 32.5 Å². The van der Waals surface area contributed by atoms with Crippen molar-refractivity contribution in [3.8, 4) is 0 Å². The minimum atomic E-state index is -0.0333. The number of rotatable bonds is 4. The van der Waals surface area contributed by atoms with Gasteiger partial charge in [-0.1, -0.05) is 54.6 Å². The minimum Gasteiger partial charge on any atom is -0.374 e. The van der Waals surface area contributed by atoms with Gasteiger partial charge in [0.05, 0.1) is 12.5 Å². The maximum absolute atomic E-state index is 13.5. The van der Waals surface area contributed by atoms with Crippen molar-refractivity contribution in [1.82, 2.24) is 9.80 Å². The lowest BCUT2D eigenvalue weighted by atomic mass is 9.84. The zero-order valence-electron chi connectivity index (χ0n) is 17.5. The predicted molar refractivity (Wildman–Crippen MR) is 119 cm³/mol. The van der Waals surface area contributed by atoms with Crippen molar-refractivity contribution >= 4 is 17.5 Å². The fraction of sp³-hybridized carbons (Fsp3) is 0.360. The topological polar surface area (TPSA) is 43.9 Å². The lowest BCUT2D eigenvalue weighted by Gasteiger charge is -2.47. The average Bonchev–Trinajstić information content (AvgIpc) is 2.75. The van der Waals surface area contributed by atoms with Crippen LogP contribution in [0.3, 0.4) is 0 Å². The van der Waals surface area contributed by atoms with Crippen molar-refractivity contribution in [2.75, 3.05) is 38.1 Å². The Kier molecular flexibility index (Phi) is 5.88. The molecule has 0 bridgehead atoms. The molecule has 0 N–H and O–H groups in total. The molecule has 0 radical (unpaired) electrons. The molecule has 0 aliphatic carbocycles. The normalized spacial score (nSPS) is 21.4. The quantitative estimate of drug-likeness (QED) is 0.736. The van der Waals surface area contributed by atoms with Crippen molar-refractivity contribution in [2.24, 2.45) is 5.92 Å². The van der Waals surface area contributed by atoms with Crippen LogP contribution < -0.4 is 4.90 Å². The van der Waals surface area contributed by atoms with Crippen LogP contribution in [0.15, 0.2) is 67.3 Å². The van der Waals surface area contributed by atoms with Crippen LogP contribution in [-0.2, 0) is 16.0 Å². The third-order valence-electron chi connectivity index (χ3n) is 6.20. The Morgan fingerprint density at radius 1 is 1.10 bits per heavy atom. The van der Waals surface area contributed by atoms with Crippen LogP contribution in [0.2, 0.25) is 0 Å². The highest BCUT2D eigenvalue weighted by atomic mass is 16.2. The maximum Gasteiger partial charge on any atom is 0.227 e. The van der Waals surface area contributed by atoms with E-state index in [2.05, 4.69) is 30.7 Å². The molecule has 1 saturated heterocycles. The van der Waals surface area contributed by atoms with Gasteiger partial charge >= 0.3 is 0 Å². The van der Waals surface area contributed by atoms with Gasteiger partial charge in [-0.15, -0.1) is 6.58 Å². The largest absolute Gasteiger partial charge is 0.374 e. The number of amides is 2. The predicted octanol–water partition coefficient (Wildman–Crippen LogP) is 3.28. The fourth-order valence-electron chi connectivity index (χ4n) is 4.85. The Balaban J connectivity index is 1.71. The molecule has 2 aliphatic heterocycles. The van der Waals surface area contributed by atoms with Gasteiger partial charge in [-0.05, 0) is 17.2 Å². The summed E-state index contributed by atoms with van der Waals surface area (Å²) >= 11 is 0. The summed E-state index contributed by atoms with van der Waals surface area (Å²) in [4.78, 5) is 32.4. The number of carbonyl (C=O) groups excluding carboxylic acids is 2. The van der Waals surface area contributed by atoms with Gasteiger partial charge in [0.2, 0.25) is 11.8 Å². The van der Waals surface area contributed by atoms with Crippen LogP contribution in [0.25, 0.3) is 0 Å². The molecule has 1 fully saturated rings. The molecule has 5 nitrogen and oxygen atoms in total. The lowest BCUT2D eigenvalue weighted by Crippen LogP contribution is -2.53. The molecule has 2 atom stereocenters. The van der Waals surface area contributed by atoms with E-state index in [9.17, 15) is 9.59 Å². The number of para-hydroxylation sites is 1. The second-order valence-corrected chi connectivity index (χ2v) is 8.23. The maximum atomic E-state index is 13.5. The first-order chi connectivity index (χ1) is 14.6. The Bertz CT molecular complexity index is 927. The molecule has 156 valence electrons. The second-order valence-electron chi connectivity index (χ2n) is 8.23. The number of hydrogen-bond acceptors (Lipinski definition) is 3. The van der Waals surface area contributed by atoms with Crippen molar-refractivity contribution in [2.45, 2.75) is 18.9 Å². The van der Waals surface area contributed by atoms with E-state index < -0.39 is 0 Å². The highest BCUT2D eigenvalue weighted by molar-refractivity contribution is 5.82. The number of carbonyl (C=O) groups is 2. The Morgan fingerprint density at radius 2 is 1.83 bits per heavy atom. The molecule has 0 unspecified atom stereocenters. The van der Waals surface area contributed by atoms with E-state index in [1.807, 2.05) is 52.3 Å². The molecule has 2 aromatic rings. The monoisotopic (exact) mass is 403 g/mol. The van der Waals surface area contributed by atoms with Crippen molar-refractivity contribution in [1.29, 1.82) is 0 Å². The zero-order chi connectivity index (χ0) is 21.1. The highest BCUT2D eigenvalue weighted by Gasteiger charge is 2.40. The number of hydrogen-bond donors (Lipinski definition) is 0. The molecule has 30 heavy (non-hydrogen) atoms. The van der Waals surface area contributed by atoms with Gasteiger partial charge in [0.1, 0.15) is 0 Å². The van der Waals surface area contributed by atoms with Crippen LogP contribution in [0.1, 0.15) is 23.6 Å². The summed E-state index contributed by atoms with van der Waals surface area (Å²) in [6.45, 7) is 6.24. The first kappa shape index (κ1) is 20.2. The molecule has 2 aliphatic rings. The van der Waals surface area contributed by atoms with Gasteiger partial charge in [0.15, 0.2) is 0 Å². The third kappa shape index (κ3) is 3.97. The molecule has 0 spiro atoms. The molecule has 0 saturated carbocycles. The van der Waals surface area contributed by atoms with Gasteiger partial charge in [-0.3, -0.25) is 9.59 Å². The summed E-state index contributed by atoms with van der Waals surface area (Å²) in [7, 11) is 2.09. The molecular formula is C25H29N3O2. The van der Waals surface area contributed by atoms with Crippen LogP contribution in [0, 0.1) is 5.92 Å². The number of nitrogens with zero attached hydrogens (tertiary/aromatic N) is 3. The second kappa shape index (κ2) is 8.74. The SMILES string of the molecule is C=CCN1C[C@H]2CN(C)c3ccccc3[C@@H]2N(C(=O)Cc2ccccc2)CCC1=O. The van der Waals surface area contributed by atoms with Gasteiger partial charge in [-0.2, -0.15) is 0 Å². The van der Waals surface area contributed by atoms with Gasteiger partial charge < -0.3 is 14.7 Å². The Hall–Kier alpha value is -3.08. The van der Waals surface area contributed by atoms with E-state index >= 15 is 0 Å².